The fourth-order valence-corrected chi connectivity index (χ4v) is 3.35. The Hall–Kier alpha value is -1.84. The number of hydrogen-bond acceptors (Lipinski definition) is 5. The first-order valence-corrected chi connectivity index (χ1v) is 9.33. The van der Waals surface area contributed by atoms with E-state index in [1.54, 1.807) is 19.1 Å². The van der Waals surface area contributed by atoms with Gasteiger partial charge in [0.1, 0.15) is 6.04 Å². The quantitative estimate of drug-likeness (QED) is 0.409. The van der Waals surface area contributed by atoms with Gasteiger partial charge in [0.25, 0.3) is 0 Å². The molecule has 1 heterocycles. The number of pyridine rings is 1. The highest BCUT2D eigenvalue weighted by Crippen LogP contribution is 2.41. The summed E-state index contributed by atoms with van der Waals surface area (Å²) in [7, 11) is 0. The predicted octanol–water partition coefficient (Wildman–Crippen LogP) is 3.35. The van der Waals surface area contributed by atoms with E-state index in [9.17, 15) is 23.1 Å². The van der Waals surface area contributed by atoms with Crippen LogP contribution in [0.1, 0.15) is 31.0 Å². The summed E-state index contributed by atoms with van der Waals surface area (Å²) in [6.45, 7) is 5.39. The van der Waals surface area contributed by atoms with Crippen molar-refractivity contribution in [2.75, 3.05) is 11.5 Å². The predicted molar refractivity (Wildman–Crippen MR) is 100 cm³/mol. The molecule has 1 aromatic heterocycles. The molecule has 0 saturated carbocycles. The third-order valence-electron chi connectivity index (χ3n) is 4.02. The van der Waals surface area contributed by atoms with Crippen molar-refractivity contribution in [1.29, 1.82) is 0 Å². The van der Waals surface area contributed by atoms with E-state index >= 15 is 0 Å². The second-order valence-electron chi connectivity index (χ2n) is 5.83. The fraction of sp³-hybridized carbons (Fsp3) is 0.444. The average Bonchev–Trinajstić information content (AvgIpc) is 2.61. The van der Waals surface area contributed by atoms with Crippen molar-refractivity contribution >= 4 is 23.3 Å². The average molecular weight is 404 g/mol. The molecule has 0 spiro atoms. The summed E-state index contributed by atoms with van der Waals surface area (Å²) in [5, 5.41) is 19.0. The first-order valence-electron chi connectivity index (χ1n) is 8.17. The SMILES string of the molecule is C=C/C(=C/C)c1ccc(C(O)(CCSCCC(N)C(=O)O)C(F)(F)F)nc1. The third kappa shape index (κ3) is 6.08. The van der Waals surface area contributed by atoms with Crippen LogP contribution in [0.2, 0.25) is 0 Å². The summed E-state index contributed by atoms with van der Waals surface area (Å²) in [5.74, 6) is -0.914. The third-order valence-corrected chi connectivity index (χ3v) is 5.04. The van der Waals surface area contributed by atoms with Crippen LogP contribution in [0.25, 0.3) is 5.57 Å². The van der Waals surface area contributed by atoms with Gasteiger partial charge in [-0.15, -0.1) is 0 Å². The largest absolute Gasteiger partial charge is 0.480 e. The highest BCUT2D eigenvalue weighted by Gasteiger charge is 2.55. The number of halogens is 3. The lowest BCUT2D eigenvalue weighted by molar-refractivity contribution is -0.268. The van der Waals surface area contributed by atoms with Gasteiger partial charge in [-0.2, -0.15) is 24.9 Å². The molecule has 0 fully saturated rings. The molecule has 0 radical (unpaired) electrons. The lowest BCUT2D eigenvalue weighted by atomic mass is 9.94. The minimum Gasteiger partial charge on any atom is -0.480 e. The summed E-state index contributed by atoms with van der Waals surface area (Å²) in [4.78, 5) is 14.4. The summed E-state index contributed by atoms with van der Waals surface area (Å²) >= 11 is 1.10. The molecule has 150 valence electrons. The number of hydrogen-bond donors (Lipinski definition) is 3. The first kappa shape index (κ1) is 23.2. The minimum absolute atomic E-state index is 0.0292. The summed E-state index contributed by atoms with van der Waals surface area (Å²) in [6, 6.07) is 1.55. The van der Waals surface area contributed by atoms with Crippen LogP contribution >= 0.6 is 11.8 Å². The number of aliphatic carboxylic acids is 1. The van der Waals surface area contributed by atoms with Crippen molar-refractivity contribution in [2.24, 2.45) is 5.73 Å². The van der Waals surface area contributed by atoms with Crippen molar-refractivity contribution in [2.45, 2.75) is 37.6 Å². The van der Waals surface area contributed by atoms with Crippen LogP contribution in [-0.2, 0) is 10.4 Å². The molecule has 0 aromatic carbocycles. The van der Waals surface area contributed by atoms with E-state index in [4.69, 9.17) is 10.8 Å². The molecule has 2 unspecified atom stereocenters. The number of aliphatic hydroxyl groups is 1. The van der Waals surface area contributed by atoms with Gasteiger partial charge >= 0.3 is 12.1 Å². The van der Waals surface area contributed by atoms with Crippen molar-refractivity contribution in [3.63, 3.8) is 0 Å². The van der Waals surface area contributed by atoms with E-state index in [-0.39, 0.29) is 17.9 Å². The Morgan fingerprint density at radius 2 is 2.07 bits per heavy atom. The van der Waals surface area contributed by atoms with Gasteiger partial charge in [0.15, 0.2) is 0 Å². The molecular weight excluding hydrogens is 381 g/mol. The Labute approximate surface area is 160 Å². The second-order valence-corrected chi connectivity index (χ2v) is 7.06. The maximum absolute atomic E-state index is 13.5. The number of carbonyl (C=O) groups is 1. The molecule has 0 aliphatic heterocycles. The molecule has 0 saturated heterocycles. The van der Waals surface area contributed by atoms with E-state index in [0.29, 0.717) is 5.56 Å². The van der Waals surface area contributed by atoms with Gasteiger partial charge in [0, 0.05) is 6.20 Å². The Morgan fingerprint density at radius 3 is 2.52 bits per heavy atom. The van der Waals surface area contributed by atoms with Gasteiger partial charge in [-0.3, -0.25) is 9.78 Å². The Morgan fingerprint density at radius 1 is 1.41 bits per heavy atom. The summed E-state index contributed by atoms with van der Waals surface area (Å²) in [5.41, 5.74) is 3.08. The zero-order chi connectivity index (χ0) is 20.7. The van der Waals surface area contributed by atoms with Gasteiger partial charge in [-0.05, 0) is 48.5 Å². The maximum Gasteiger partial charge on any atom is 0.423 e. The smallest absolute Gasteiger partial charge is 0.423 e. The van der Waals surface area contributed by atoms with Crippen LogP contribution < -0.4 is 5.73 Å². The minimum atomic E-state index is -4.90. The van der Waals surface area contributed by atoms with Gasteiger partial charge in [0.05, 0.1) is 5.69 Å². The molecule has 27 heavy (non-hydrogen) atoms. The molecule has 1 rings (SSSR count). The van der Waals surface area contributed by atoms with Crippen molar-refractivity contribution < 1.29 is 28.2 Å². The topological polar surface area (TPSA) is 96.4 Å². The number of allylic oxidation sites excluding steroid dienone is 3. The van der Waals surface area contributed by atoms with Gasteiger partial charge < -0.3 is 15.9 Å². The zero-order valence-corrected chi connectivity index (χ0v) is 15.7. The van der Waals surface area contributed by atoms with Crippen molar-refractivity contribution in [3.05, 3.63) is 48.3 Å². The molecule has 5 nitrogen and oxygen atoms in total. The van der Waals surface area contributed by atoms with Gasteiger partial charge in [-0.1, -0.05) is 24.8 Å². The first-order chi connectivity index (χ1) is 12.6. The molecule has 9 heteroatoms. The maximum atomic E-state index is 13.5. The second kappa shape index (κ2) is 9.91. The van der Waals surface area contributed by atoms with Crippen LogP contribution in [0.4, 0.5) is 13.2 Å². The molecule has 0 aliphatic carbocycles. The van der Waals surface area contributed by atoms with Crippen molar-refractivity contribution in [3.8, 4) is 0 Å². The molecule has 0 amide bonds. The fourth-order valence-electron chi connectivity index (χ4n) is 2.28. The molecule has 2 atom stereocenters. The van der Waals surface area contributed by atoms with Crippen LogP contribution in [-0.4, -0.2) is 44.9 Å². The Kier molecular flexibility index (Phi) is 8.52. The van der Waals surface area contributed by atoms with Crippen LogP contribution in [0.3, 0.4) is 0 Å². The van der Waals surface area contributed by atoms with E-state index < -0.39 is 35.9 Å². The van der Waals surface area contributed by atoms with Crippen LogP contribution in [0.5, 0.6) is 0 Å². The normalized spacial score (nSPS) is 15.9. The number of aromatic nitrogens is 1. The summed E-state index contributed by atoms with van der Waals surface area (Å²) in [6.07, 6.45) is -0.800. The zero-order valence-electron chi connectivity index (χ0n) is 14.9. The number of alkyl halides is 3. The van der Waals surface area contributed by atoms with E-state index in [1.807, 2.05) is 0 Å². The lowest BCUT2D eigenvalue weighted by Crippen LogP contribution is -2.43. The lowest BCUT2D eigenvalue weighted by Gasteiger charge is -2.30. The number of rotatable bonds is 10. The molecule has 0 bridgehead atoms. The molecule has 1 aromatic rings. The monoisotopic (exact) mass is 404 g/mol. The number of nitrogens with two attached hydrogens (primary N) is 1. The molecule has 0 aliphatic rings. The molecule has 4 N–H and O–H groups in total. The number of nitrogens with zero attached hydrogens (tertiary/aromatic N) is 1. The van der Waals surface area contributed by atoms with E-state index in [1.165, 1.54) is 12.3 Å². The van der Waals surface area contributed by atoms with Gasteiger partial charge in [0.2, 0.25) is 5.60 Å². The molecular formula is C18H23F3N2O3S. The number of carboxylic acids is 1. The Bertz CT molecular complexity index is 677. The Balaban J connectivity index is 2.85. The van der Waals surface area contributed by atoms with E-state index in [0.717, 1.165) is 23.4 Å². The standard InChI is InChI=1S/C18H23F3N2O3S/c1-3-12(4-2)13-5-6-15(23-11-13)17(26,18(19,20)21)8-10-27-9-7-14(22)16(24)25/h3-6,11,14,26H,1,7-10,22H2,2H3,(H,24,25)/b12-4-. The van der Waals surface area contributed by atoms with E-state index in [2.05, 4.69) is 11.6 Å². The summed E-state index contributed by atoms with van der Waals surface area (Å²) < 4.78 is 40.5. The highest BCUT2D eigenvalue weighted by molar-refractivity contribution is 7.99. The van der Waals surface area contributed by atoms with Crippen LogP contribution in [0, 0.1) is 0 Å². The van der Waals surface area contributed by atoms with Gasteiger partial charge in [-0.25, -0.2) is 0 Å². The van der Waals surface area contributed by atoms with Crippen molar-refractivity contribution in [1.82, 2.24) is 4.98 Å². The highest BCUT2D eigenvalue weighted by atomic mass is 32.2. The number of thioether (sulfide) groups is 1. The van der Waals surface area contributed by atoms with Crippen LogP contribution in [0.15, 0.2) is 37.1 Å². The number of carboxylic acid groups (broad SMARTS) is 1.